The van der Waals surface area contributed by atoms with Gasteiger partial charge >= 0.3 is 0 Å². The summed E-state index contributed by atoms with van der Waals surface area (Å²) >= 11 is 0. The van der Waals surface area contributed by atoms with Gasteiger partial charge in [-0.2, -0.15) is 0 Å². The van der Waals surface area contributed by atoms with Crippen molar-refractivity contribution in [3.63, 3.8) is 0 Å². The van der Waals surface area contributed by atoms with Crippen molar-refractivity contribution < 1.29 is 14.9 Å². The standard InChI is InChI=1S/C11H22O3/c1-2-4-10(12)11(13)7-6-9-5-3-8-14-9/h9-13H,2-8H2,1H3. The third-order valence-corrected chi connectivity index (χ3v) is 2.84. The quantitative estimate of drug-likeness (QED) is 0.685. The number of aliphatic hydroxyl groups is 2. The van der Waals surface area contributed by atoms with Gasteiger partial charge in [0.2, 0.25) is 0 Å². The van der Waals surface area contributed by atoms with Crippen molar-refractivity contribution in [2.75, 3.05) is 6.61 Å². The van der Waals surface area contributed by atoms with Gasteiger partial charge in [0.05, 0.1) is 18.3 Å². The third kappa shape index (κ3) is 3.95. The molecule has 1 saturated heterocycles. The Morgan fingerprint density at radius 1 is 1.29 bits per heavy atom. The first-order valence-electron chi connectivity index (χ1n) is 5.71. The Labute approximate surface area is 86.1 Å². The highest BCUT2D eigenvalue weighted by atomic mass is 16.5. The summed E-state index contributed by atoms with van der Waals surface area (Å²) in [6, 6.07) is 0. The normalized spacial score (nSPS) is 26.4. The Kier molecular flexibility index (Phi) is 5.45. The van der Waals surface area contributed by atoms with Gasteiger partial charge in [-0.1, -0.05) is 13.3 Å². The van der Waals surface area contributed by atoms with Gasteiger partial charge in [-0.25, -0.2) is 0 Å². The highest BCUT2D eigenvalue weighted by Crippen LogP contribution is 2.19. The lowest BCUT2D eigenvalue weighted by Gasteiger charge is -2.18. The van der Waals surface area contributed by atoms with E-state index < -0.39 is 12.2 Å². The summed E-state index contributed by atoms with van der Waals surface area (Å²) in [5, 5.41) is 19.1. The van der Waals surface area contributed by atoms with Crippen molar-refractivity contribution in [3.05, 3.63) is 0 Å². The molecular formula is C11H22O3. The summed E-state index contributed by atoms with van der Waals surface area (Å²) in [5.41, 5.74) is 0. The topological polar surface area (TPSA) is 49.7 Å². The van der Waals surface area contributed by atoms with Gasteiger partial charge in [-0.3, -0.25) is 0 Å². The van der Waals surface area contributed by atoms with E-state index in [4.69, 9.17) is 4.74 Å². The van der Waals surface area contributed by atoms with Crippen molar-refractivity contribution in [1.82, 2.24) is 0 Å². The van der Waals surface area contributed by atoms with Gasteiger partial charge in [-0.15, -0.1) is 0 Å². The molecule has 0 aromatic heterocycles. The second-order valence-electron chi connectivity index (χ2n) is 4.14. The largest absolute Gasteiger partial charge is 0.390 e. The molecule has 3 unspecified atom stereocenters. The van der Waals surface area contributed by atoms with Crippen molar-refractivity contribution in [2.45, 2.75) is 63.8 Å². The second-order valence-corrected chi connectivity index (χ2v) is 4.14. The molecule has 0 aromatic rings. The molecule has 3 atom stereocenters. The molecule has 84 valence electrons. The van der Waals surface area contributed by atoms with Crippen LogP contribution >= 0.6 is 0 Å². The molecule has 1 rings (SSSR count). The van der Waals surface area contributed by atoms with Crippen LogP contribution < -0.4 is 0 Å². The molecule has 0 amide bonds. The first kappa shape index (κ1) is 12.0. The van der Waals surface area contributed by atoms with Gasteiger partial charge in [0.25, 0.3) is 0 Å². The highest BCUT2D eigenvalue weighted by molar-refractivity contribution is 4.71. The summed E-state index contributed by atoms with van der Waals surface area (Å²) in [6.07, 6.45) is 4.58. The Morgan fingerprint density at radius 2 is 2.00 bits per heavy atom. The highest BCUT2D eigenvalue weighted by Gasteiger charge is 2.20. The maximum atomic E-state index is 9.60. The molecule has 3 nitrogen and oxygen atoms in total. The second kappa shape index (κ2) is 6.38. The van der Waals surface area contributed by atoms with Crippen LogP contribution in [-0.2, 0) is 4.74 Å². The van der Waals surface area contributed by atoms with Crippen molar-refractivity contribution in [2.24, 2.45) is 0 Å². The predicted molar refractivity (Wildman–Crippen MR) is 55.1 cm³/mol. The van der Waals surface area contributed by atoms with E-state index in [0.29, 0.717) is 18.9 Å². The molecular weight excluding hydrogens is 180 g/mol. The third-order valence-electron chi connectivity index (χ3n) is 2.84. The van der Waals surface area contributed by atoms with Crippen molar-refractivity contribution in [1.29, 1.82) is 0 Å². The van der Waals surface area contributed by atoms with Gasteiger partial charge in [0.1, 0.15) is 0 Å². The number of hydrogen-bond acceptors (Lipinski definition) is 3. The molecule has 1 aliphatic rings. The SMILES string of the molecule is CCCC(O)C(O)CCC1CCCO1. The Balaban J connectivity index is 2.09. The van der Waals surface area contributed by atoms with Crippen LogP contribution in [0, 0.1) is 0 Å². The van der Waals surface area contributed by atoms with Crippen LogP contribution in [0.5, 0.6) is 0 Å². The van der Waals surface area contributed by atoms with Crippen LogP contribution in [0.15, 0.2) is 0 Å². The fourth-order valence-corrected chi connectivity index (χ4v) is 1.91. The smallest absolute Gasteiger partial charge is 0.0800 e. The molecule has 3 heteroatoms. The molecule has 1 aliphatic heterocycles. The zero-order chi connectivity index (χ0) is 10.4. The molecule has 0 spiro atoms. The Morgan fingerprint density at radius 3 is 2.57 bits per heavy atom. The summed E-state index contributed by atoms with van der Waals surface area (Å²) in [7, 11) is 0. The van der Waals surface area contributed by atoms with E-state index in [1.54, 1.807) is 0 Å². The maximum Gasteiger partial charge on any atom is 0.0800 e. The average molecular weight is 202 g/mol. The minimum atomic E-state index is -0.570. The fourth-order valence-electron chi connectivity index (χ4n) is 1.91. The number of aliphatic hydroxyl groups excluding tert-OH is 2. The monoisotopic (exact) mass is 202 g/mol. The number of ether oxygens (including phenoxy) is 1. The van der Waals surface area contributed by atoms with E-state index in [9.17, 15) is 10.2 Å². The van der Waals surface area contributed by atoms with E-state index in [2.05, 4.69) is 0 Å². The lowest BCUT2D eigenvalue weighted by Crippen LogP contribution is -2.26. The average Bonchev–Trinajstić information content (AvgIpc) is 2.67. The van der Waals surface area contributed by atoms with Crippen LogP contribution in [0.1, 0.15) is 45.4 Å². The summed E-state index contributed by atoms with van der Waals surface area (Å²) in [5.74, 6) is 0. The van der Waals surface area contributed by atoms with Crippen LogP contribution in [0.4, 0.5) is 0 Å². The summed E-state index contributed by atoms with van der Waals surface area (Å²) in [6.45, 7) is 2.87. The van der Waals surface area contributed by atoms with Gasteiger partial charge in [-0.05, 0) is 32.1 Å². The molecule has 0 aromatic carbocycles. The van der Waals surface area contributed by atoms with E-state index >= 15 is 0 Å². The van der Waals surface area contributed by atoms with E-state index in [-0.39, 0.29) is 0 Å². The first-order chi connectivity index (χ1) is 6.74. The zero-order valence-corrected chi connectivity index (χ0v) is 8.98. The van der Waals surface area contributed by atoms with Crippen molar-refractivity contribution in [3.8, 4) is 0 Å². The summed E-state index contributed by atoms with van der Waals surface area (Å²) < 4.78 is 5.45. The lowest BCUT2D eigenvalue weighted by molar-refractivity contribution is -0.00134. The van der Waals surface area contributed by atoms with E-state index in [1.165, 1.54) is 0 Å². The first-order valence-corrected chi connectivity index (χ1v) is 5.71. The lowest BCUT2D eigenvalue weighted by atomic mass is 10.0. The van der Waals surface area contributed by atoms with Gasteiger partial charge in [0.15, 0.2) is 0 Å². The molecule has 1 fully saturated rings. The van der Waals surface area contributed by atoms with Crippen LogP contribution in [0.3, 0.4) is 0 Å². The van der Waals surface area contributed by atoms with E-state index in [0.717, 1.165) is 32.3 Å². The maximum absolute atomic E-state index is 9.60. The Hall–Kier alpha value is -0.120. The number of rotatable bonds is 6. The van der Waals surface area contributed by atoms with Crippen LogP contribution in [0.25, 0.3) is 0 Å². The van der Waals surface area contributed by atoms with Crippen LogP contribution in [-0.4, -0.2) is 35.1 Å². The Bertz CT molecular complexity index is 143. The summed E-state index contributed by atoms with van der Waals surface area (Å²) in [4.78, 5) is 0. The van der Waals surface area contributed by atoms with Gasteiger partial charge in [0, 0.05) is 6.61 Å². The minimum absolute atomic E-state index is 0.318. The molecule has 0 aliphatic carbocycles. The molecule has 0 saturated carbocycles. The minimum Gasteiger partial charge on any atom is -0.390 e. The fraction of sp³-hybridized carbons (Fsp3) is 1.00. The van der Waals surface area contributed by atoms with E-state index in [1.807, 2.05) is 6.92 Å². The molecule has 0 radical (unpaired) electrons. The number of hydrogen-bond donors (Lipinski definition) is 2. The molecule has 2 N–H and O–H groups in total. The molecule has 1 heterocycles. The van der Waals surface area contributed by atoms with Crippen LogP contribution in [0.2, 0.25) is 0 Å². The zero-order valence-electron chi connectivity index (χ0n) is 8.98. The predicted octanol–water partition coefficient (Wildman–Crippen LogP) is 1.47. The molecule has 14 heavy (non-hydrogen) atoms. The van der Waals surface area contributed by atoms with Gasteiger partial charge < -0.3 is 14.9 Å². The van der Waals surface area contributed by atoms with Crippen molar-refractivity contribution >= 4 is 0 Å². The molecule has 0 bridgehead atoms.